The van der Waals surface area contributed by atoms with Gasteiger partial charge in [-0.2, -0.15) is 0 Å². The number of carbonyl (C=O) groups is 1. The fourth-order valence-electron chi connectivity index (χ4n) is 5.33. The van der Waals surface area contributed by atoms with Crippen molar-refractivity contribution < 1.29 is 19.0 Å². The fraction of sp³-hybridized carbons (Fsp3) is 0.147. The van der Waals surface area contributed by atoms with E-state index in [-0.39, 0.29) is 17.7 Å². The number of fused-ring (bicyclic) bond motifs is 2. The number of ether oxygens (including phenoxy) is 3. The van der Waals surface area contributed by atoms with Gasteiger partial charge in [0, 0.05) is 11.1 Å². The summed E-state index contributed by atoms with van der Waals surface area (Å²) >= 11 is 1.27. The minimum absolute atomic E-state index is 0.171. The number of esters is 1. The Morgan fingerprint density at radius 3 is 2.50 bits per heavy atom. The summed E-state index contributed by atoms with van der Waals surface area (Å²) in [7, 11) is 3.19. The molecule has 42 heavy (non-hydrogen) atoms. The Morgan fingerprint density at radius 1 is 0.952 bits per heavy atom. The molecule has 7 nitrogen and oxygen atoms in total. The molecule has 210 valence electrons. The third kappa shape index (κ3) is 4.80. The molecule has 6 rings (SSSR count). The largest absolute Gasteiger partial charge is 0.497 e. The molecule has 0 spiro atoms. The van der Waals surface area contributed by atoms with Crippen LogP contribution in [0.3, 0.4) is 0 Å². The molecule has 1 aliphatic heterocycles. The third-order valence-electron chi connectivity index (χ3n) is 7.19. The van der Waals surface area contributed by atoms with E-state index in [4.69, 9.17) is 19.2 Å². The minimum atomic E-state index is -0.857. The van der Waals surface area contributed by atoms with Crippen LogP contribution in [0.2, 0.25) is 0 Å². The van der Waals surface area contributed by atoms with E-state index in [2.05, 4.69) is 0 Å². The zero-order valence-corrected chi connectivity index (χ0v) is 24.2. The van der Waals surface area contributed by atoms with Crippen LogP contribution in [-0.2, 0) is 9.53 Å². The number of benzene rings is 4. The number of hydrogen-bond donors (Lipinski definition) is 0. The van der Waals surface area contributed by atoms with Crippen LogP contribution in [0.1, 0.15) is 29.7 Å². The van der Waals surface area contributed by atoms with Gasteiger partial charge < -0.3 is 14.2 Å². The molecular weight excluding hydrogens is 548 g/mol. The van der Waals surface area contributed by atoms with Gasteiger partial charge in [0.1, 0.15) is 17.5 Å². The lowest BCUT2D eigenvalue weighted by atomic mass is 9.89. The van der Waals surface area contributed by atoms with Gasteiger partial charge in [0.2, 0.25) is 0 Å². The fourth-order valence-corrected chi connectivity index (χ4v) is 6.33. The van der Waals surface area contributed by atoms with Gasteiger partial charge in [0.05, 0.1) is 36.6 Å². The molecule has 8 heteroatoms. The lowest BCUT2D eigenvalue weighted by molar-refractivity contribution is -0.138. The summed E-state index contributed by atoms with van der Waals surface area (Å²) in [4.78, 5) is 33.6. The second-order valence-electron chi connectivity index (χ2n) is 9.61. The van der Waals surface area contributed by atoms with Gasteiger partial charge in [-0.05, 0) is 47.5 Å². The highest BCUT2D eigenvalue weighted by atomic mass is 32.1. The number of aromatic nitrogens is 1. The Labute approximate surface area is 246 Å². The van der Waals surface area contributed by atoms with Crippen molar-refractivity contribution in [3.63, 3.8) is 0 Å². The third-order valence-corrected chi connectivity index (χ3v) is 8.17. The second-order valence-corrected chi connectivity index (χ2v) is 10.6. The second kappa shape index (κ2) is 11.5. The van der Waals surface area contributed by atoms with E-state index in [9.17, 15) is 9.59 Å². The van der Waals surface area contributed by atoms with Gasteiger partial charge in [-0.15, -0.1) is 0 Å². The molecule has 1 aromatic heterocycles. The molecule has 5 aromatic rings. The average Bonchev–Trinajstić information content (AvgIpc) is 3.34. The van der Waals surface area contributed by atoms with E-state index in [1.807, 2.05) is 97.1 Å². The molecule has 1 atom stereocenters. The molecule has 4 aromatic carbocycles. The number of hydrogen-bond acceptors (Lipinski definition) is 7. The lowest BCUT2D eigenvalue weighted by Gasteiger charge is -2.28. The zero-order chi connectivity index (χ0) is 29.2. The van der Waals surface area contributed by atoms with E-state index >= 15 is 0 Å². The average molecular weight is 577 g/mol. The van der Waals surface area contributed by atoms with Gasteiger partial charge >= 0.3 is 5.97 Å². The van der Waals surface area contributed by atoms with Crippen LogP contribution in [0.5, 0.6) is 11.5 Å². The first kappa shape index (κ1) is 27.2. The van der Waals surface area contributed by atoms with Crippen molar-refractivity contribution >= 4 is 39.9 Å². The molecule has 0 aliphatic carbocycles. The molecule has 0 amide bonds. The molecule has 0 N–H and O–H groups in total. The summed E-state index contributed by atoms with van der Waals surface area (Å²) in [6.07, 6.45) is 1.82. The first-order valence-corrected chi connectivity index (χ1v) is 14.3. The molecule has 0 radical (unpaired) electrons. The van der Waals surface area contributed by atoms with Crippen LogP contribution in [0, 0.1) is 0 Å². The molecule has 0 saturated heterocycles. The summed E-state index contributed by atoms with van der Waals surface area (Å²) in [5.74, 6) is 0.699. The smallest absolute Gasteiger partial charge is 0.338 e. The number of thiazole rings is 1. The summed E-state index contributed by atoms with van der Waals surface area (Å²) in [6, 6.07) is 27.8. The Hall–Kier alpha value is -4.95. The maximum atomic E-state index is 14.3. The van der Waals surface area contributed by atoms with Crippen molar-refractivity contribution in [1.29, 1.82) is 0 Å². The van der Waals surface area contributed by atoms with Crippen molar-refractivity contribution in [3.8, 4) is 11.5 Å². The quantitative estimate of drug-likeness (QED) is 0.252. The van der Waals surface area contributed by atoms with E-state index in [1.165, 1.54) is 11.3 Å². The van der Waals surface area contributed by atoms with Crippen LogP contribution in [0.25, 0.3) is 22.5 Å². The zero-order valence-electron chi connectivity index (χ0n) is 23.4. The van der Waals surface area contributed by atoms with E-state index < -0.39 is 12.0 Å². The number of rotatable bonds is 7. The van der Waals surface area contributed by atoms with Crippen molar-refractivity contribution in [1.82, 2.24) is 4.57 Å². The van der Waals surface area contributed by atoms with Gasteiger partial charge in [0.15, 0.2) is 4.80 Å². The first-order chi connectivity index (χ1) is 20.5. The maximum absolute atomic E-state index is 14.3. The molecule has 0 unspecified atom stereocenters. The molecule has 0 saturated carbocycles. The number of methoxy groups -OCH3 is 2. The molecular formula is C34H28N2O5S. The summed E-state index contributed by atoms with van der Waals surface area (Å²) in [5.41, 5.74) is 2.72. The predicted molar refractivity (Wildman–Crippen MR) is 165 cm³/mol. The standard InChI is InChI=1S/C34H28N2O5S/c1-4-41-33(38)29-30(23-13-6-5-7-14-23)35-34-36(32(37)27(42-34)20-21-11-10-15-24(19-21)39-2)31(29)28-25-16-9-8-12-22(25)17-18-26(28)40-3/h5-20,31H,4H2,1-3H3/t31-/m0/s1. The normalized spacial score (nSPS) is 14.8. The summed E-state index contributed by atoms with van der Waals surface area (Å²) < 4.78 is 19.0. The van der Waals surface area contributed by atoms with Gasteiger partial charge in [-0.25, -0.2) is 9.79 Å². The Morgan fingerprint density at radius 2 is 1.74 bits per heavy atom. The van der Waals surface area contributed by atoms with Crippen molar-refractivity contribution in [3.05, 3.63) is 133 Å². The molecule has 1 aliphatic rings. The topological polar surface area (TPSA) is 79.1 Å². The molecule has 0 bridgehead atoms. The molecule has 2 heterocycles. The maximum Gasteiger partial charge on any atom is 0.338 e. The van der Waals surface area contributed by atoms with Gasteiger partial charge in [-0.1, -0.05) is 84.1 Å². The van der Waals surface area contributed by atoms with Gasteiger partial charge in [-0.3, -0.25) is 9.36 Å². The first-order valence-electron chi connectivity index (χ1n) is 13.5. The summed E-state index contributed by atoms with van der Waals surface area (Å²) in [6.45, 7) is 1.93. The van der Waals surface area contributed by atoms with Crippen molar-refractivity contribution in [2.24, 2.45) is 4.99 Å². The number of carbonyl (C=O) groups excluding carboxylic acids is 1. The highest BCUT2D eigenvalue weighted by Gasteiger charge is 2.37. The highest BCUT2D eigenvalue weighted by molar-refractivity contribution is 7.07. The molecule has 0 fully saturated rings. The predicted octanol–water partition coefficient (Wildman–Crippen LogP) is 5.11. The monoisotopic (exact) mass is 576 g/mol. The van der Waals surface area contributed by atoms with Crippen LogP contribution >= 0.6 is 11.3 Å². The van der Waals surface area contributed by atoms with Gasteiger partial charge in [0.25, 0.3) is 5.56 Å². The minimum Gasteiger partial charge on any atom is -0.497 e. The Balaban J connectivity index is 1.74. The Bertz CT molecular complexity index is 2020. The SMILES string of the molecule is CCOC(=O)C1=C(c2ccccc2)N=c2sc(=Cc3cccc(OC)c3)c(=O)n2[C@H]1c1c(OC)ccc2ccccc12. The van der Waals surface area contributed by atoms with Crippen molar-refractivity contribution in [2.45, 2.75) is 13.0 Å². The van der Waals surface area contributed by atoms with Crippen LogP contribution in [0.4, 0.5) is 0 Å². The van der Waals surface area contributed by atoms with E-state index in [0.717, 1.165) is 21.9 Å². The summed E-state index contributed by atoms with van der Waals surface area (Å²) in [5, 5.41) is 1.81. The van der Waals surface area contributed by atoms with Crippen molar-refractivity contribution in [2.75, 3.05) is 20.8 Å². The van der Waals surface area contributed by atoms with E-state index in [1.54, 1.807) is 25.7 Å². The Kier molecular flexibility index (Phi) is 7.46. The van der Waals surface area contributed by atoms with Crippen LogP contribution < -0.4 is 24.4 Å². The lowest BCUT2D eigenvalue weighted by Crippen LogP contribution is -2.40. The van der Waals surface area contributed by atoms with Crippen LogP contribution in [0.15, 0.2) is 106 Å². The van der Waals surface area contributed by atoms with E-state index in [0.29, 0.717) is 32.1 Å². The highest BCUT2D eigenvalue weighted by Crippen LogP contribution is 2.42. The number of nitrogens with zero attached hydrogens (tertiary/aromatic N) is 2. The van der Waals surface area contributed by atoms with Crippen LogP contribution in [-0.4, -0.2) is 31.4 Å².